The Morgan fingerprint density at radius 1 is 0.977 bits per heavy atom. The van der Waals surface area contributed by atoms with Crippen molar-refractivity contribution < 1.29 is 27.5 Å². The van der Waals surface area contributed by atoms with E-state index in [-0.39, 0.29) is 22.8 Å². The van der Waals surface area contributed by atoms with Crippen LogP contribution in [0.25, 0.3) is 10.9 Å². The Bertz CT molecular complexity index is 1640. The molecule has 5 N–H and O–H groups in total. The molecule has 0 aliphatic rings. The first-order valence-electron chi connectivity index (χ1n) is 13.5. The first-order valence-corrected chi connectivity index (χ1v) is 13.5. The van der Waals surface area contributed by atoms with Gasteiger partial charge in [0.25, 0.3) is 11.8 Å². The number of nitrogens with zero attached hydrogens (tertiary/aromatic N) is 2. The summed E-state index contributed by atoms with van der Waals surface area (Å²) in [6, 6.07) is 13.7. The largest absolute Gasteiger partial charge is 0.444 e. The van der Waals surface area contributed by atoms with Crippen molar-refractivity contribution in [3.63, 3.8) is 0 Å². The predicted octanol–water partition coefficient (Wildman–Crippen LogP) is 6.79. The molecule has 0 bridgehead atoms. The van der Waals surface area contributed by atoms with E-state index in [4.69, 9.17) is 10.5 Å². The number of nitrogens with one attached hydrogen (secondary N) is 3. The van der Waals surface area contributed by atoms with Gasteiger partial charge in [-0.15, -0.1) is 0 Å². The van der Waals surface area contributed by atoms with Gasteiger partial charge in [-0.3, -0.25) is 9.78 Å². The third kappa shape index (κ3) is 7.91. The number of anilines is 3. The molecule has 4 aromatic rings. The Morgan fingerprint density at radius 2 is 1.67 bits per heavy atom. The second kappa shape index (κ2) is 12.2. The molecule has 0 radical (unpaired) electrons. The molecule has 2 atom stereocenters. The minimum absolute atomic E-state index is 0.0212. The summed E-state index contributed by atoms with van der Waals surface area (Å²) >= 11 is 0. The van der Waals surface area contributed by atoms with Crippen molar-refractivity contribution in [3.05, 3.63) is 89.4 Å². The van der Waals surface area contributed by atoms with Gasteiger partial charge in [0, 0.05) is 29.8 Å². The van der Waals surface area contributed by atoms with Crippen LogP contribution in [0.4, 0.5) is 35.3 Å². The Kier molecular flexibility index (Phi) is 8.79. The fourth-order valence-electron chi connectivity index (χ4n) is 4.37. The maximum atomic E-state index is 15.4. The molecule has 0 saturated heterocycles. The first-order chi connectivity index (χ1) is 20.1. The molecular formula is C31H33F3N6O3. The van der Waals surface area contributed by atoms with Crippen LogP contribution in [0.15, 0.2) is 66.9 Å². The van der Waals surface area contributed by atoms with E-state index in [1.54, 1.807) is 58.2 Å². The standard InChI is InChI=1S/C31H33F3N6O3/c1-17(37-29(42)43-30(2,3)4)25(18-8-10-20(11-9-18)31(5,33)34)39-28-23(32)16-22(26(35)41)27(40-28)38-21-12-13-24-19(15-21)7-6-14-36-24/h6-17,25H,1-5H3,(H2,35,41)(H,37,42)(H2,38,39,40)/t17-,25-/m0/s1. The minimum atomic E-state index is -3.07. The van der Waals surface area contributed by atoms with Crippen molar-refractivity contribution in [1.29, 1.82) is 0 Å². The average molecular weight is 595 g/mol. The molecule has 0 aliphatic carbocycles. The summed E-state index contributed by atoms with van der Waals surface area (Å²) in [5, 5.41) is 9.50. The number of alkyl carbamates (subject to hydrolysis) is 1. The molecule has 0 saturated carbocycles. The molecule has 0 fully saturated rings. The van der Waals surface area contributed by atoms with Crippen LogP contribution in [0.5, 0.6) is 0 Å². The number of nitrogens with two attached hydrogens (primary N) is 1. The van der Waals surface area contributed by atoms with Gasteiger partial charge in [0.1, 0.15) is 11.4 Å². The van der Waals surface area contributed by atoms with Gasteiger partial charge in [-0.2, -0.15) is 0 Å². The lowest BCUT2D eigenvalue weighted by atomic mass is 9.97. The summed E-state index contributed by atoms with van der Waals surface area (Å²) in [6.07, 6.45) is 0.936. The molecule has 4 rings (SSSR count). The number of amides is 2. The van der Waals surface area contributed by atoms with Gasteiger partial charge in [0.2, 0.25) is 0 Å². The molecule has 0 unspecified atom stereocenters. The number of halogens is 3. The topological polar surface area (TPSA) is 131 Å². The number of carbonyl (C=O) groups excluding carboxylic acids is 2. The zero-order chi connectivity index (χ0) is 31.5. The van der Waals surface area contributed by atoms with Gasteiger partial charge >= 0.3 is 6.09 Å². The number of benzene rings is 2. The Morgan fingerprint density at radius 3 is 2.30 bits per heavy atom. The molecule has 0 spiro atoms. The van der Waals surface area contributed by atoms with E-state index in [1.165, 1.54) is 24.3 Å². The summed E-state index contributed by atoms with van der Waals surface area (Å²) in [5.41, 5.74) is 6.09. The van der Waals surface area contributed by atoms with Crippen molar-refractivity contribution in [2.24, 2.45) is 5.73 Å². The summed E-state index contributed by atoms with van der Waals surface area (Å²) in [4.78, 5) is 33.4. The summed E-state index contributed by atoms with van der Waals surface area (Å²) < 4.78 is 48.5. The van der Waals surface area contributed by atoms with Gasteiger partial charge < -0.3 is 26.4 Å². The van der Waals surface area contributed by atoms with E-state index in [1.807, 2.05) is 6.07 Å². The van der Waals surface area contributed by atoms with Crippen molar-refractivity contribution in [1.82, 2.24) is 15.3 Å². The molecule has 12 heteroatoms. The molecule has 0 aliphatic heterocycles. The van der Waals surface area contributed by atoms with E-state index in [9.17, 15) is 18.4 Å². The maximum absolute atomic E-state index is 15.4. The van der Waals surface area contributed by atoms with E-state index in [2.05, 4.69) is 25.9 Å². The highest BCUT2D eigenvalue weighted by atomic mass is 19.3. The molecule has 2 heterocycles. The van der Waals surface area contributed by atoms with Crippen LogP contribution >= 0.6 is 0 Å². The van der Waals surface area contributed by atoms with Crippen LogP contribution in [0, 0.1) is 5.82 Å². The van der Waals surface area contributed by atoms with Gasteiger partial charge in [-0.25, -0.2) is 22.9 Å². The van der Waals surface area contributed by atoms with Gasteiger partial charge in [0.15, 0.2) is 11.6 Å². The van der Waals surface area contributed by atoms with Crippen LogP contribution < -0.4 is 21.7 Å². The Labute approximate surface area is 247 Å². The lowest BCUT2D eigenvalue weighted by Crippen LogP contribution is -2.42. The third-order valence-corrected chi connectivity index (χ3v) is 6.42. The lowest BCUT2D eigenvalue weighted by molar-refractivity contribution is 0.0174. The predicted molar refractivity (Wildman–Crippen MR) is 159 cm³/mol. The highest BCUT2D eigenvalue weighted by Crippen LogP contribution is 2.32. The maximum Gasteiger partial charge on any atom is 0.407 e. The molecule has 43 heavy (non-hydrogen) atoms. The van der Waals surface area contributed by atoms with Crippen LogP contribution in [0.3, 0.4) is 0 Å². The number of ether oxygens (including phenoxy) is 1. The van der Waals surface area contributed by atoms with Crippen molar-refractivity contribution in [2.45, 2.75) is 58.2 Å². The zero-order valence-corrected chi connectivity index (χ0v) is 24.3. The summed E-state index contributed by atoms with van der Waals surface area (Å²) in [5.74, 6) is -5.17. The number of carbonyl (C=O) groups is 2. The highest BCUT2D eigenvalue weighted by Gasteiger charge is 2.28. The third-order valence-electron chi connectivity index (χ3n) is 6.42. The SMILES string of the molecule is C[C@H](NC(=O)OC(C)(C)C)[C@H](Nc1nc(Nc2ccc3ncccc3c2)c(C(N)=O)cc1F)c1ccc(C(C)(F)F)cc1. The van der Waals surface area contributed by atoms with Crippen LogP contribution in [0.1, 0.15) is 62.1 Å². The Balaban J connectivity index is 1.71. The van der Waals surface area contributed by atoms with Crippen LogP contribution in [0.2, 0.25) is 0 Å². The summed E-state index contributed by atoms with van der Waals surface area (Å²) in [6.45, 7) is 7.54. The minimum Gasteiger partial charge on any atom is -0.444 e. The van der Waals surface area contributed by atoms with Gasteiger partial charge in [0.05, 0.1) is 23.2 Å². The fraction of sp³-hybridized carbons (Fsp3) is 0.290. The van der Waals surface area contributed by atoms with E-state index >= 15 is 4.39 Å². The number of rotatable bonds is 9. The fourth-order valence-corrected chi connectivity index (χ4v) is 4.37. The van der Waals surface area contributed by atoms with E-state index in [0.29, 0.717) is 11.3 Å². The average Bonchev–Trinajstić information content (AvgIpc) is 2.91. The number of fused-ring (bicyclic) bond motifs is 1. The van der Waals surface area contributed by atoms with Gasteiger partial charge in [-0.1, -0.05) is 30.3 Å². The lowest BCUT2D eigenvalue weighted by Gasteiger charge is -2.29. The van der Waals surface area contributed by atoms with E-state index in [0.717, 1.165) is 23.9 Å². The van der Waals surface area contributed by atoms with Gasteiger partial charge in [-0.05, 0) is 63.6 Å². The second-order valence-electron chi connectivity index (χ2n) is 11.2. The highest BCUT2D eigenvalue weighted by molar-refractivity contribution is 5.99. The second-order valence-corrected chi connectivity index (χ2v) is 11.2. The van der Waals surface area contributed by atoms with E-state index < -0.39 is 41.4 Å². The van der Waals surface area contributed by atoms with Crippen molar-refractivity contribution in [2.75, 3.05) is 10.6 Å². The zero-order valence-electron chi connectivity index (χ0n) is 24.3. The molecule has 226 valence electrons. The summed E-state index contributed by atoms with van der Waals surface area (Å²) in [7, 11) is 0. The first kappa shape index (κ1) is 31.1. The normalized spacial score (nSPS) is 13.2. The van der Waals surface area contributed by atoms with Crippen molar-refractivity contribution in [3.8, 4) is 0 Å². The molecular weight excluding hydrogens is 561 g/mol. The van der Waals surface area contributed by atoms with Crippen LogP contribution in [-0.2, 0) is 10.7 Å². The van der Waals surface area contributed by atoms with Crippen molar-refractivity contribution >= 4 is 40.2 Å². The number of alkyl halides is 2. The smallest absolute Gasteiger partial charge is 0.407 e. The molecule has 2 amide bonds. The number of aromatic nitrogens is 2. The van der Waals surface area contributed by atoms with Crippen LogP contribution in [-0.4, -0.2) is 33.6 Å². The number of primary amides is 1. The monoisotopic (exact) mass is 594 g/mol. The number of pyridine rings is 2. The molecule has 9 nitrogen and oxygen atoms in total. The molecule has 2 aromatic carbocycles. The Hall–Kier alpha value is -4.87. The molecule has 2 aromatic heterocycles. The number of hydrogen-bond donors (Lipinski definition) is 4. The number of hydrogen-bond acceptors (Lipinski definition) is 7. The quantitative estimate of drug-likeness (QED) is 0.168.